The molecule has 0 nitrogen and oxygen atoms in total. The Balaban J connectivity index is 1.66. The minimum atomic E-state index is -4.09. The molecule has 2 heteroatoms. The molecular weight excluding hydrogens is 573 g/mol. The number of benzene rings is 7. The molecule has 0 radical (unpaired) electrons. The number of hydrogen-bond donors (Lipinski definition) is 0. The smallest absolute Gasteiger partial charge is 0.0623 e. The Bertz CT molecular complexity index is 2390. The Labute approximate surface area is 279 Å². The van der Waals surface area contributed by atoms with Gasteiger partial charge in [0.2, 0.25) is 0 Å². The Morgan fingerprint density at radius 1 is 0.444 bits per heavy atom. The monoisotopic (exact) mass is 614 g/mol. The fraction of sp³-hybridized carbons (Fsp3) is 0.0233. The maximum absolute atomic E-state index is 10.6. The molecule has 0 fully saturated rings. The van der Waals surface area contributed by atoms with Crippen molar-refractivity contribution >= 4 is 57.6 Å². The average Bonchev–Trinajstić information content (AvgIpc) is 3.48. The van der Waals surface area contributed by atoms with E-state index < -0.39 is 34.3 Å². The Morgan fingerprint density at radius 2 is 0.889 bits per heavy atom. The fourth-order valence-electron chi connectivity index (χ4n) is 7.30. The highest BCUT2D eigenvalue weighted by atomic mass is 28.3. The molecule has 0 aromatic heterocycles. The van der Waals surface area contributed by atoms with Gasteiger partial charge < -0.3 is 0 Å². The van der Waals surface area contributed by atoms with E-state index in [4.69, 9.17) is 4.11 Å². The first-order valence-electron chi connectivity index (χ1n) is 19.1. The van der Waals surface area contributed by atoms with Crippen LogP contribution in [0.3, 0.4) is 0 Å². The lowest BCUT2D eigenvalue weighted by molar-refractivity contribution is 1.50. The highest BCUT2D eigenvalue weighted by Gasteiger charge is 2.50. The van der Waals surface area contributed by atoms with Crippen molar-refractivity contribution in [2.75, 3.05) is 0 Å². The second-order valence-electron chi connectivity index (χ2n) is 11.4. The van der Waals surface area contributed by atoms with E-state index in [1.54, 1.807) is 6.92 Å². The van der Waals surface area contributed by atoms with Crippen LogP contribution < -0.4 is 41.5 Å². The Hall–Kier alpha value is -5.03. The summed E-state index contributed by atoms with van der Waals surface area (Å²) in [6, 6.07) is 43.7. The van der Waals surface area contributed by atoms with Crippen LogP contribution in [0, 0.1) is 6.92 Å². The third-order valence-corrected chi connectivity index (χ3v) is 18.2. The summed E-state index contributed by atoms with van der Waals surface area (Å²) in [5, 5.41) is 5.38. The van der Waals surface area contributed by atoms with Crippen LogP contribution in [0.15, 0.2) is 188 Å². The minimum Gasteiger partial charge on any atom is -0.0623 e. The molecule has 214 valence electrons. The maximum atomic E-state index is 10.6. The summed E-state index contributed by atoms with van der Waals surface area (Å²) in [4.78, 5) is 0. The van der Waals surface area contributed by atoms with Crippen LogP contribution >= 0.6 is 0 Å². The van der Waals surface area contributed by atoms with Crippen molar-refractivity contribution in [1.29, 1.82) is 0 Å². The van der Waals surface area contributed by atoms with E-state index in [9.17, 15) is 6.85 Å². The van der Waals surface area contributed by atoms with E-state index >= 15 is 0 Å². The molecule has 0 amide bonds. The lowest BCUT2D eigenvalue weighted by Crippen LogP contribution is -2.77. The standard InChI is InChI=1S/C43H34Si2/c1-33-30-38(44(34-18-6-2-7-19-34,35-20-8-3-9-21-35)36-22-10-4-11-23-36)32-39(31-33)45(37-24-12-5-13-25-37)42-28-16-14-26-40(42)41-27-15-17-29-43(41)45/h2-32H,1H3/i5D,12D,13D,24D,25D,30D,31D,32D. The van der Waals surface area contributed by atoms with Crippen LogP contribution in [0.25, 0.3) is 11.1 Å². The van der Waals surface area contributed by atoms with Crippen molar-refractivity contribution in [2.45, 2.75) is 6.92 Å². The first-order valence-corrected chi connectivity index (χ1v) is 19.1. The molecule has 0 saturated heterocycles. The molecule has 8 rings (SSSR count). The highest BCUT2D eigenvalue weighted by molar-refractivity contribution is 7.23. The molecule has 1 aliphatic rings. The number of fused-ring (bicyclic) bond motifs is 3. The molecule has 0 aliphatic carbocycles. The summed E-state index contributed by atoms with van der Waals surface area (Å²) in [5.41, 5.74) is 2.09. The summed E-state index contributed by atoms with van der Waals surface area (Å²) in [6.45, 7) is 1.76. The lowest BCUT2D eigenvalue weighted by atomic mass is 10.1. The predicted molar refractivity (Wildman–Crippen MR) is 197 cm³/mol. The van der Waals surface area contributed by atoms with E-state index in [0.717, 1.165) is 37.1 Å². The number of rotatable bonds is 6. The normalized spacial score (nSPS) is 15.7. The zero-order valence-electron chi connectivity index (χ0n) is 32.8. The molecule has 0 saturated carbocycles. The van der Waals surface area contributed by atoms with Crippen molar-refractivity contribution in [3.05, 3.63) is 193 Å². The first-order chi connectivity index (χ1) is 25.6. The van der Waals surface area contributed by atoms with E-state index in [0.29, 0.717) is 15.9 Å². The van der Waals surface area contributed by atoms with Gasteiger partial charge in [-0.05, 0) is 59.5 Å². The van der Waals surface area contributed by atoms with E-state index in [-0.39, 0.29) is 35.4 Å². The average molecular weight is 615 g/mol. The summed E-state index contributed by atoms with van der Waals surface area (Å²) in [6.07, 6.45) is 0. The van der Waals surface area contributed by atoms with Crippen LogP contribution in [-0.4, -0.2) is 16.1 Å². The zero-order valence-corrected chi connectivity index (χ0v) is 26.8. The van der Waals surface area contributed by atoms with Crippen molar-refractivity contribution in [2.24, 2.45) is 0 Å². The van der Waals surface area contributed by atoms with Crippen molar-refractivity contribution in [3.63, 3.8) is 0 Å². The van der Waals surface area contributed by atoms with Gasteiger partial charge in [-0.15, -0.1) is 0 Å². The molecule has 7 aromatic rings. The van der Waals surface area contributed by atoms with Crippen LogP contribution in [0.1, 0.15) is 16.5 Å². The summed E-state index contributed by atoms with van der Waals surface area (Å²) in [5.74, 6) is 0. The molecule has 0 bridgehead atoms. The van der Waals surface area contributed by atoms with Gasteiger partial charge in [-0.1, -0.05) is 193 Å². The van der Waals surface area contributed by atoms with Crippen LogP contribution in [0.5, 0.6) is 0 Å². The molecule has 0 unspecified atom stereocenters. The van der Waals surface area contributed by atoms with Gasteiger partial charge in [0.15, 0.2) is 16.1 Å². The van der Waals surface area contributed by atoms with E-state index in [1.165, 1.54) is 0 Å². The summed E-state index contributed by atoms with van der Waals surface area (Å²) < 4.78 is 75.8. The van der Waals surface area contributed by atoms with Gasteiger partial charge >= 0.3 is 0 Å². The molecule has 0 N–H and O–H groups in total. The van der Waals surface area contributed by atoms with Gasteiger partial charge in [-0.3, -0.25) is 0 Å². The molecule has 7 aromatic carbocycles. The fourth-order valence-corrected chi connectivity index (χ4v) is 16.8. The number of hydrogen-bond acceptors (Lipinski definition) is 0. The zero-order chi connectivity index (χ0) is 37.2. The van der Waals surface area contributed by atoms with Gasteiger partial charge in [-0.2, -0.15) is 0 Å². The molecule has 1 heterocycles. The quantitative estimate of drug-likeness (QED) is 0.188. The Kier molecular flexibility index (Phi) is 4.98. The van der Waals surface area contributed by atoms with Gasteiger partial charge in [0.25, 0.3) is 0 Å². The van der Waals surface area contributed by atoms with Gasteiger partial charge in [-0.25, -0.2) is 0 Å². The topological polar surface area (TPSA) is 0 Å². The van der Waals surface area contributed by atoms with E-state index in [2.05, 4.69) is 36.4 Å². The largest absolute Gasteiger partial charge is 0.180 e. The maximum Gasteiger partial charge on any atom is 0.180 e. The highest BCUT2D eigenvalue weighted by Crippen LogP contribution is 2.28. The van der Waals surface area contributed by atoms with E-state index in [1.807, 2.05) is 103 Å². The van der Waals surface area contributed by atoms with Gasteiger partial charge in [0.05, 0.1) is 11.0 Å². The molecule has 45 heavy (non-hydrogen) atoms. The molecule has 1 aliphatic heterocycles. The predicted octanol–water partition coefficient (Wildman–Crippen LogP) is 4.73. The molecular formula is C43H34Si2. The second-order valence-corrected chi connectivity index (χ2v) is 18.7. The van der Waals surface area contributed by atoms with Crippen molar-refractivity contribution < 1.29 is 11.0 Å². The third kappa shape index (κ3) is 4.17. The van der Waals surface area contributed by atoms with Gasteiger partial charge in [0, 0.05) is 0 Å². The SMILES string of the molecule is [2H]c1c([2H])c([2H])c([Si]2(c3c([2H])c(C)c([2H])c([Si](c4ccccc4)(c4ccccc4)c4ccccc4)c3[2H])c3ccccc3-c3ccccc32)c([2H])c1[2H]. The summed E-state index contributed by atoms with van der Waals surface area (Å²) in [7, 11) is -7.63. The lowest BCUT2D eigenvalue weighted by Gasteiger charge is -2.37. The Morgan fingerprint density at radius 3 is 1.38 bits per heavy atom. The molecule has 0 spiro atoms. The third-order valence-electron chi connectivity index (χ3n) is 9.07. The van der Waals surface area contributed by atoms with Crippen LogP contribution in [-0.2, 0) is 0 Å². The molecule has 0 atom stereocenters. The second kappa shape index (κ2) is 11.2. The summed E-state index contributed by atoms with van der Waals surface area (Å²) >= 11 is 0. The van der Waals surface area contributed by atoms with Gasteiger partial charge in [0.1, 0.15) is 0 Å². The van der Waals surface area contributed by atoms with Crippen molar-refractivity contribution in [3.8, 4) is 11.1 Å². The van der Waals surface area contributed by atoms with Crippen molar-refractivity contribution in [1.82, 2.24) is 0 Å². The van der Waals surface area contributed by atoms with Crippen LogP contribution in [0.4, 0.5) is 0 Å². The minimum absolute atomic E-state index is 0.00850. The first kappa shape index (κ1) is 20.1. The van der Waals surface area contributed by atoms with Crippen LogP contribution in [0.2, 0.25) is 0 Å².